The van der Waals surface area contributed by atoms with Crippen LogP contribution in [0.1, 0.15) is 31.8 Å². The first kappa shape index (κ1) is 27.4. The Morgan fingerprint density at radius 2 is 1.89 bits per heavy atom. The van der Waals surface area contributed by atoms with Gasteiger partial charge < -0.3 is 19.5 Å². The van der Waals surface area contributed by atoms with E-state index in [2.05, 4.69) is 10.1 Å². The van der Waals surface area contributed by atoms with Crippen molar-refractivity contribution in [2.45, 2.75) is 62.7 Å². The average molecular weight is 528 g/mol. The van der Waals surface area contributed by atoms with Gasteiger partial charge in [0.15, 0.2) is 0 Å². The molecule has 1 fully saturated rings. The van der Waals surface area contributed by atoms with Gasteiger partial charge in [0.1, 0.15) is 23.3 Å². The maximum Gasteiger partial charge on any atom is 0.459 e. The van der Waals surface area contributed by atoms with E-state index < -0.39 is 48.3 Å². The molecular formula is C22H30N3O8PS. The molecule has 35 heavy (non-hydrogen) atoms. The van der Waals surface area contributed by atoms with Crippen LogP contribution in [-0.2, 0) is 18.6 Å². The molecule has 13 heteroatoms. The largest absolute Gasteiger partial charge is 0.462 e. The minimum Gasteiger partial charge on any atom is -0.462 e. The minimum atomic E-state index is -4.14. The first-order valence-electron chi connectivity index (χ1n) is 11.0. The molecule has 1 aromatic heterocycles. The molecule has 0 amide bonds. The molecule has 0 saturated carbocycles. The van der Waals surface area contributed by atoms with Gasteiger partial charge in [0.25, 0.3) is 0 Å². The van der Waals surface area contributed by atoms with Crippen LogP contribution < -0.4 is 15.3 Å². The van der Waals surface area contributed by atoms with Gasteiger partial charge in [-0.3, -0.25) is 13.9 Å². The van der Waals surface area contributed by atoms with E-state index >= 15 is 0 Å². The number of hydrogen-bond donors (Lipinski definition) is 3. The number of para-hydroxylation sites is 1. The summed E-state index contributed by atoms with van der Waals surface area (Å²) in [6.07, 6.45) is -1.45. The predicted molar refractivity (Wildman–Crippen MR) is 130 cm³/mol. The lowest BCUT2D eigenvalue weighted by Gasteiger charge is -2.25. The first-order valence-corrected chi connectivity index (χ1v) is 13.5. The number of nitrogens with zero attached hydrogens (tertiary/aromatic N) is 2. The number of aliphatic hydroxyl groups is 2. The quantitative estimate of drug-likeness (QED) is 0.308. The SMILES string of the molecule is Cc1ccn([C@@H]2S[C@H](COP(=O)(N[C@@H](C)C(=O)OC(C)C)Oc3ccccc3)[C@@H](O)[C@@H]2O)c(=O)n1. The van der Waals surface area contributed by atoms with Crippen LogP contribution in [-0.4, -0.2) is 61.9 Å². The summed E-state index contributed by atoms with van der Waals surface area (Å²) in [6, 6.07) is 8.86. The second-order valence-electron chi connectivity index (χ2n) is 8.34. The normalized spacial score (nSPS) is 24.7. The summed E-state index contributed by atoms with van der Waals surface area (Å²) >= 11 is 1.08. The third kappa shape index (κ3) is 7.16. The second kappa shape index (κ2) is 11.7. The fraction of sp³-hybridized carbons (Fsp3) is 0.500. The predicted octanol–water partition coefficient (Wildman–Crippen LogP) is 2.02. The summed E-state index contributed by atoms with van der Waals surface area (Å²) in [5.41, 5.74) is -0.0353. The molecule has 6 atom stereocenters. The van der Waals surface area contributed by atoms with Crippen LogP contribution in [0.5, 0.6) is 5.75 Å². The van der Waals surface area contributed by atoms with Crippen LogP contribution in [0, 0.1) is 6.92 Å². The van der Waals surface area contributed by atoms with Gasteiger partial charge in [-0.05, 0) is 45.9 Å². The highest BCUT2D eigenvalue weighted by Crippen LogP contribution is 2.48. The van der Waals surface area contributed by atoms with Crippen LogP contribution in [0.4, 0.5) is 0 Å². The molecule has 11 nitrogen and oxygen atoms in total. The summed E-state index contributed by atoms with van der Waals surface area (Å²) in [5.74, 6) is -0.403. The molecule has 0 bridgehead atoms. The van der Waals surface area contributed by atoms with E-state index in [0.29, 0.717) is 5.69 Å². The number of carbonyl (C=O) groups is 1. The molecule has 0 aliphatic carbocycles. The van der Waals surface area contributed by atoms with Crippen LogP contribution in [0.3, 0.4) is 0 Å². The van der Waals surface area contributed by atoms with Crippen molar-refractivity contribution in [2.75, 3.05) is 6.61 Å². The fourth-order valence-electron chi connectivity index (χ4n) is 3.29. The number of aliphatic hydroxyl groups excluding tert-OH is 2. The summed E-state index contributed by atoms with van der Waals surface area (Å²) < 4.78 is 31.2. The monoisotopic (exact) mass is 527 g/mol. The Labute approximate surface area is 207 Å². The smallest absolute Gasteiger partial charge is 0.459 e. The molecule has 3 N–H and O–H groups in total. The molecule has 1 saturated heterocycles. The average Bonchev–Trinajstić information content (AvgIpc) is 3.06. The maximum absolute atomic E-state index is 13.6. The Hall–Kier alpha value is -2.21. The Morgan fingerprint density at radius 1 is 1.20 bits per heavy atom. The Morgan fingerprint density at radius 3 is 2.51 bits per heavy atom. The highest BCUT2D eigenvalue weighted by atomic mass is 32.2. The zero-order valence-electron chi connectivity index (χ0n) is 19.8. The van der Waals surface area contributed by atoms with Crippen molar-refractivity contribution in [3.8, 4) is 5.75 Å². The topological polar surface area (TPSA) is 149 Å². The molecule has 3 rings (SSSR count). The number of esters is 1. The van der Waals surface area contributed by atoms with Crippen molar-refractivity contribution in [1.82, 2.24) is 14.6 Å². The molecule has 2 heterocycles. The maximum atomic E-state index is 13.6. The van der Waals surface area contributed by atoms with E-state index in [1.165, 1.54) is 17.7 Å². The lowest BCUT2D eigenvalue weighted by molar-refractivity contribution is -0.149. The van der Waals surface area contributed by atoms with Gasteiger partial charge in [-0.1, -0.05) is 18.2 Å². The zero-order valence-corrected chi connectivity index (χ0v) is 21.5. The highest BCUT2D eigenvalue weighted by Gasteiger charge is 2.45. The molecule has 2 aromatic rings. The van der Waals surface area contributed by atoms with Crippen molar-refractivity contribution >= 4 is 25.5 Å². The van der Waals surface area contributed by atoms with Crippen molar-refractivity contribution < 1.29 is 33.4 Å². The number of nitrogens with one attached hydrogen (secondary N) is 1. The summed E-state index contributed by atoms with van der Waals surface area (Å²) in [4.78, 5) is 28.4. The minimum absolute atomic E-state index is 0.238. The number of aryl methyl sites for hydroxylation is 1. The molecule has 0 spiro atoms. The number of benzene rings is 1. The molecule has 1 aromatic carbocycles. The van der Waals surface area contributed by atoms with Crippen molar-refractivity contribution in [3.05, 3.63) is 58.8 Å². The summed E-state index contributed by atoms with van der Waals surface area (Å²) in [5, 5.41) is 22.1. The molecule has 1 aliphatic heterocycles. The van der Waals surface area contributed by atoms with Crippen LogP contribution >= 0.6 is 19.5 Å². The van der Waals surface area contributed by atoms with Crippen molar-refractivity contribution in [3.63, 3.8) is 0 Å². The van der Waals surface area contributed by atoms with Gasteiger partial charge in [0, 0.05) is 11.9 Å². The standard InChI is InChI=1S/C22H30N3O8PS/c1-13(2)32-21(28)15(4)24-34(30,33-16-8-6-5-7-9-16)31-12-17-18(26)19(27)20(35-17)25-11-10-14(3)23-22(25)29/h5-11,13,15,17-20,26-27H,12H2,1-4H3,(H,24,30)/t15-,17+,18+,19-,20+,34?/m0/s1. The molecule has 192 valence electrons. The van der Waals surface area contributed by atoms with Gasteiger partial charge in [-0.15, -0.1) is 11.8 Å². The van der Waals surface area contributed by atoms with Gasteiger partial charge >= 0.3 is 19.4 Å². The van der Waals surface area contributed by atoms with Gasteiger partial charge in [0.2, 0.25) is 0 Å². The van der Waals surface area contributed by atoms with E-state index in [-0.39, 0.29) is 18.5 Å². The number of thioether (sulfide) groups is 1. The van der Waals surface area contributed by atoms with Crippen LogP contribution in [0.2, 0.25) is 0 Å². The highest BCUT2D eigenvalue weighted by molar-refractivity contribution is 8.00. The van der Waals surface area contributed by atoms with E-state index in [4.69, 9.17) is 13.8 Å². The zero-order chi connectivity index (χ0) is 25.8. The lowest BCUT2D eigenvalue weighted by Crippen LogP contribution is -2.38. The lowest BCUT2D eigenvalue weighted by atomic mass is 10.1. The number of aromatic nitrogens is 2. The summed E-state index contributed by atoms with van der Waals surface area (Å²) in [7, 11) is -4.14. The number of rotatable bonds is 10. The third-order valence-electron chi connectivity index (χ3n) is 5.02. The number of ether oxygens (including phenoxy) is 1. The van der Waals surface area contributed by atoms with E-state index in [0.717, 1.165) is 11.8 Å². The fourth-order valence-corrected chi connectivity index (χ4v) is 6.35. The van der Waals surface area contributed by atoms with E-state index in [9.17, 15) is 24.4 Å². The van der Waals surface area contributed by atoms with Gasteiger partial charge in [0.05, 0.1) is 24.1 Å². The van der Waals surface area contributed by atoms with E-state index in [1.54, 1.807) is 57.2 Å². The Kier molecular flexibility index (Phi) is 9.14. The molecule has 1 unspecified atom stereocenters. The molecular weight excluding hydrogens is 497 g/mol. The van der Waals surface area contributed by atoms with E-state index in [1.807, 2.05) is 0 Å². The second-order valence-corrected chi connectivity index (χ2v) is 11.4. The number of carbonyl (C=O) groups excluding carboxylic acids is 1. The Bertz CT molecular complexity index is 1120. The van der Waals surface area contributed by atoms with Gasteiger partial charge in [-0.2, -0.15) is 10.1 Å². The number of hydrogen-bond acceptors (Lipinski definition) is 10. The Balaban J connectivity index is 1.75. The summed E-state index contributed by atoms with van der Waals surface area (Å²) in [6.45, 7) is 6.21. The van der Waals surface area contributed by atoms with Crippen molar-refractivity contribution in [2.24, 2.45) is 0 Å². The van der Waals surface area contributed by atoms with Crippen molar-refractivity contribution in [1.29, 1.82) is 0 Å². The molecule has 0 radical (unpaired) electrons. The van der Waals surface area contributed by atoms with Crippen LogP contribution in [0.15, 0.2) is 47.4 Å². The molecule has 1 aliphatic rings. The first-order chi connectivity index (χ1) is 16.5. The van der Waals surface area contributed by atoms with Gasteiger partial charge in [-0.25, -0.2) is 9.36 Å². The third-order valence-corrected chi connectivity index (χ3v) is 8.21. The van der Waals surface area contributed by atoms with Crippen LogP contribution in [0.25, 0.3) is 0 Å².